The van der Waals surface area contributed by atoms with Crippen molar-refractivity contribution in [3.05, 3.63) is 133 Å². The third kappa shape index (κ3) is 4.53. The van der Waals surface area contributed by atoms with Crippen LogP contribution in [0, 0.1) is 13.8 Å². The average Bonchev–Trinajstić information content (AvgIpc) is 3.08. The minimum absolute atomic E-state index is 0.509. The number of nitrogens with zero attached hydrogens (tertiary/aromatic N) is 6. The fourth-order valence-electron chi connectivity index (χ4n) is 5.83. The first kappa shape index (κ1) is 25.8. The first-order chi connectivity index (χ1) is 21.6. The van der Waals surface area contributed by atoms with Gasteiger partial charge in [-0.05, 0) is 49.2 Å². The molecule has 0 N–H and O–H groups in total. The number of aryl methyl sites for hydroxylation is 2. The molecule has 0 atom stereocenters. The van der Waals surface area contributed by atoms with Crippen LogP contribution in [-0.4, -0.2) is 29.9 Å². The largest absolute Gasteiger partial charge is 0.256 e. The molecule has 4 aromatic heterocycles. The lowest BCUT2D eigenvalue weighted by atomic mass is 10.00. The summed E-state index contributed by atoms with van der Waals surface area (Å²) in [6.07, 6.45) is 1.83. The highest BCUT2D eigenvalue weighted by atomic mass is 15.0. The topological polar surface area (TPSA) is 77.3 Å². The van der Waals surface area contributed by atoms with Gasteiger partial charge in [0.05, 0.1) is 16.6 Å². The molecule has 6 nitrogen and oxygen atoms in total. The Labute approximate surface area is 254 Å². The van der Waals surface area contributed by atoms with Gasteiger partial charge in [-0.25, -0.2) is 19.9 Å². The number of fused-ring (bicyclic) bond motifs is 4. The standard InChI is InChI=1S/C38H26N6/c1-23-21-24(2)40-35-30(23)18-16-26-17-19-32(41-34(26)35)38-43-36(27-9-4-3-5-10-27)42-37(44-38)29-13-6-12-28(22-29)31-15-7-11-25-14-8-20-39-33(25)31/h3-22H,1-2H3. The third-order valence-electron chi connectivity index (χ3n) is 7.93. The van der Waals surface area contributed by atoms with Gasteiger partial charge in [0.1, 0.15) is 5.69 Å². The van der Waals surface area contributed by atoms with Gasteiger partial charge in [0.25, 0.3) is 0 Å². The van der Waals surface area contributed by atoms with Gasteiger partial charge >= 0.3 is 0 Å². The summed E-state index contributed by atoms with van der Waals surface area (Å²) in [7, 11) is 0. The van der Waals surface area contributed by atoms with Gasteiger partial charge in [-0.3, -0.25) is 9.97 Å². The second kappa shape index (κ2) is 10.4. The van der Waals surface area contributed by atoms with Crippen LogP contribution < -0.4 is 0 Å². The van der Waals surface area contributed by atoms with Crippen molar-refractivity contribution in [2.24, 2.45) is 0 Å². The lowest BCUT2D eigenvalue weighted by molar-refractivity contribution is 1.06. The molecule has 8 aromatic rings. The quantitative estimate of drug-likeness (QED) is 0.198. The van der Waals surface area contributed by atoms with E-state index in [0.29, 0.717) is 23.2 Å². The maximum absolute atomic E-state index is 5.10. The normalized spacial score (nSPS) is 11.4. The number of hydrogen-bond donors (Lipinski definition) is 0. The van der Waals surface area contributed by atoms with Crippen LogP contribution in [0.15, 0.2) is 121 Å². The Morgan fingerprint density at radius 1 is 0.455 bits per heavy atom. The Morgan fingerprint density at radius 3 is 2.05 bits per heavy atom. The van der Waals surface area contributed by atoms with Crippen LogP contribution in [0.5, 0.6) is 0 Å². The molecule has 0 fully saturated rings. The number of hydrogen-bond acceptors (Lipinski definition) is 6. The molecule has 4 aromatic carbocycles. The molecular formula is C38H26N6. The Balaban J connectivity index is 1.32. The molecule has 0 saturated carbocycles. The zero-order valence-corrected chi connectivity index (χ0v) is 24.2. The van der Waals surface area contributed by atoms with Crippen molar-refractivity contribution in [1.29, 1.82) is 0 Å². The van der Waals surface area contributed by atoms with E-state index in [1.807, 2.05) is 67.7 Å². The Morgan fingerprint density at radius 2 is 1.16 bits per heavy atom. The van der Waals surface area contributed by atoms with Gasteiger partial charge < -0.3 is 0 Å². The predicted molar refractivity (Wildman–Crippen MR) is 177 cm³/mol. The number of rotatable bonds is 4. The van der Waals surface area contributed by atoms with Gasteiger partial charge in [0, 0.05) is 44.7 Å². The Kier molecular flexibility index (Phi) is 6.12. The summed E-state index contributed by atoms with van der Waals surface area (Å²) in [6, 6.07) is 38.9. The van der Waals surface area contributed by atoms with Crippen LogP contribution in [0.4, 0.5) is 0 Å². The molecule has 0 aliphatic rings. The summed E-state index contributed by atoms with van der Waals surface area (Å²) < 4.78 is 0. The highest BCUT2D eigenvalue weighted by molar-refractivity contribution is 6.04. The van der Waals surface area contributed by atoms with E-state index in [1.54, 1.807) is 0 Å². The predicted octanol–water partition coefficient (Wildman–Crippen LogP) is 8.80. The molecule has 0 aliphatic carbocycles. The van der Waals surface area contributed by atoms with Crippen molar-refractivity contribution in [3.63, 3.8) is 0 Å². The van der Waals surface area contributed by atoms with Crippen LogP contribution >= 0.6 is 0 Å². The fraction of sp³-hybridized carbons (Fsp3) is 0.0526. The molecule has 44 heavy (non-hydrogen) atoms. The minimum Gasteiger partial charge on any atom is -0.256 e. The van der Waals surface area contributed by atoms with E-state index in [2.05, 4.69) is 72.6 Å². The zero-order chi connectivity index (χ0) is 29.6. The minimum atomic E-state index is 0.509. The average molecular weight is 567 g/mol. The van der Waals surface area contributed by atoms with Crippen molar-refractivity contribution in [1.82, 2.24) is 29.9 Å². The molecule has 0 saturated heterocycles. The van der Waals surface area contributed by atoms with Crippen LogP contribution in [0.2, 0.25) is 0 Å². The monoisotopic (exact) mass is 566 g/mol. The van der Waals surface area contributed by atoms with Gasteiger partial charge in [-0.1, -0.05) is 91.0 Å². The lowest BCUT2D eigenvalue weighted by Gasteiger charge is -2.11. The van der Waals surface area contributed by atoms with E-state index in [9.17, 15) is 0 Å². The van der Waals surface area contributed by atoms with Gasteiger partial charge in [0.15, 0.2) is 17.5 Å². The summed E-state index contributed by atoms with van der Waals surface area (Å²) in [4.78, 5) is 29.5. The van der Waals surface area contributed by atoms with Gasteiger partial charge in [-0.15, -0.1) is 0 Å². The fourth-order valence-corrected chi connectivity index (χ4v) is 5.83. The number of para-hydroxylation sites is 1. The smallest absolute Gasteiger partial charge is 0.182 e. The first-order valence-electron chi connectivity index (χ1n) is 14.5. The second-order valence-corrected chi connectivity index (χ2v) is 10.9. The van der Waals surface area contributed by atoms with Crippen LogP contribution in [-0.2, 0) is 0 Å². The summed E-state index contributed by atoms with van der Waals surface area (Å²) in [6.45, 7) is 4.13. The van der Waals surface area contributed by atoms with Crippen molar-refractivity contribution in [2.75, 3.05) is 0 Å². The summed E-state index contributed by atoms with van der Waals surface area (Å²) >= 11 is 0. The van der Waals surface area contributed by atoms with Crippen molar-refractivity contribution < 1.29 is 0 Å². The van der Waals surface area contributed by atoms with E-state index >= 15 is 0 Å². The maximum Gasteiger partial charge on any atom is 0.182 e. The molecule has 208 valence electrons. The van der Waals surface area contributed by atoms with E-state index in [1.165, 1.54) is 5.56 Å². The maximum atomic E-state index is 5.10. The molecule has 0 amide bonds. The third-order valence-corrected chi connectivity index (χ3v) is 7.93. The number of benzene rings is 4. The van der Waals surface area contributed by atoms with E-state index in [4.69, 9.17) is 24.9 Å². The van der Waals surface area contributed by atoms with Crippen molar-refractivity contribution >= 4 is 32.7 Å². The number of aromatic nitrogens is 6. The second-order valence-electron chi connectivity index (χ2n) is 10.9. The Bertz CT molecular complexity index is 2360. The summed E-state index contributed by atoms with van der Waals surface area (Å²) in [5, 5.41) is 3.21. The molecule has 0 radical (unpaired) electrons. The highest BCUT2D eigenvalue weighted by Gasteiger charge is 2.16. The van der Waals surface area contributed by atoms with E-state index < -0.39 is 0 Å². The summed E-state index contributed by atoms with van der Waals surface area (Å²) in [5.41, 5.74) is 9.38. The SMILES string of the molecule is Cc1cc(C)c2ccc3ccc(-c4nc(-c5ccccc5)nc(-c5cccc(-c6cccc7cccnc67)c5)n4)nc3c2n1. The first-order valence-corrected chi connectivity index (χ1v) is 14.5. The lowest BCUT2D eigenvalue weighted by Crippen LogP contribution is -2.01. The van der Waals surface area contributed by atoms with Crippen LogP contribution in [0.3, 0.4) is 0 Å². The molecule has 0 spiro atoms. The molecule has 6 heteroatoms. The highest BCUT2D eigenvalue weighted by Crippen LogP contribution is 2.32. The molecule has 8 rings (SSSR count). The summed E-state index contributed by atoms with van der Waals surface area (Å²) in [5.74, 6) is 1.68. The van der Waals surface area contributed by atoms with Crippen LogP contribution in [0.25, 0.3) is 78.1 Å². The molecule has 4 heterocycles. The van der Waals surface area contributed by atoms with Gasteiger partial charge in [0.2, 0.25) is 0 Å². The Hall–Kier alpha value is -5.88. The number of pyridine rings is 3. The van der Waals surface area contributed by atoms with Gasteiger partial charge in [-0.2, -0.15) is 0 Å². The molecule has 0 unspecified atom stereocenters. The van der Waals surface area contributed by atoms with Crippen molar-refractivity contribution in [2.45, 2.75) is 13.8 Å². The zero-order valence-electron chi connectivity index (χ0n) is 24.2. The molecular weight excluding hydrogens is 540 g/mol. The van der Waals surface area contributed by atoms with E-state index in [0.717, 1.165) is 60.7 Å². The molecule has 0 aliphatic heterocycles. The van der Waals surface area contributed by atoms with Crippen LogP contribution in [0.1, 0.15) is 11.3 Å². The van der Waals surface area contributed by atoms with E-state index in [-0.39, 0.29) is 0 Å². The van der Waals surface area contributed by atoms with Crippen molar-refractivity contribution in [3.8, 4) is 45.4 Å². The molecule has 0 bridgehead atoms.